The highest BCUT2D eigenvalue weighted by Crippen LogP contribution is 2.49. The summed E-state index contributed by atoms with van der Waals surface area (Å²) in [7, 11) is 0. The van der Waals surface area contributed by atoms with Crippen molar-refractivity contribution in [3.05, 3.63) is 71.8 Å². The molecule has 0 bridgehead atoms. The normalized spacial score (nSPS) is 27.4. The topological polar surface area (TPSA) is 49.4 Å². The maximum atomic E-state index is 13.3. The first-order valence-electron chi connectivity index (χ1n) is 9.77. The van der Waals surface area contributed by atoms with Gasteiger partial charge < -0.3 is 10.2 Å². The molecule has 4 nitrogen and oxygen atoms in total. The Labute approximate surface area is 160 Å². The first-order chi connectivity index (χ1) is 13.1. The third-order valence-electron chi connectivity index (χ3n) is 5.75. The highest BCUT2D eigenvalue weighted by molar-refractivity contribution is 5.91. The van der Waals surface area contributed by atoms with E-state index in [9.17, 15) is 9.59 Å². The molecule has 2 aromatic carbocycles. The lowest BCUT2D eigenvalue weighted by Crippen LogP contribution is -2.60. The maximum Gasteiger partial charge on any atom is 0.243 e. The summed E-state index contributed by atoms with van der Waals surface area (Å²) in [4.78, 5) is 28.0. The molecule has 1 N–H and O–H groups in total. The number of rotatable bonds is 4. The Kier molecular flexibility index (Phi) is 4.73. The Balaban J connectivity index is 1.56. The van der Waals surface area contributed by atoms with E-state index in [4.69, 9.17) is 0 Å². The second kappa shape index (κ2) is 7.18. The largest absolute Gasteiger partial charge is 0.346 e. The fourth-order valence-corrected chi connectivity index (χ4v) is 4.27. The van der Waals surface area contributed by atoms with Crippen LogP contribution in [0.1, 0.15) is 43.4 Å². The zero-order valence-corrected chi connectivity index (χ0v) is 15.8. The quantitative estimate of drug-likeness (QED) is 0.905. The third kappa shape index (κ3) is 3.48. The van der Waals surface area contributed by atoms with Gasteiger partial charge >= 0.3 is 0 Å². The van der Waals surface area contributed by atoms with Crippen LogP contribution in [0.2, 0.25) is 0 Å². The molecule has 2 aromatic rings. The highest BCUT2D eigenvalue weighted by Gasteiger charge is 2.49. The van der Waals surface area contributed by atoms with Crippen LogP contribution in [0.3, 0.4) is 0 Å². The van der Waals surface area contributed by atoms with Crippen LogP contribution in [0.5, 0.6) is 0 Å². The standard InChI is InChI=1S/C23H26N2O2/c1-15(2)21-22(26)24-20(17-11-7-4-8-12-17)14-25(21)23(27)19-13-18(19)16-9-5-3-6-10-16/h3-12,15,18-21H,13-14H2,1-2H3,(H,24,26)/t18-,19?,20+,21-/m0/s1. The Hall–Kier alpha value is -2.62. The number of nitrogens with zero attached hydrogens (tertiary/aromatic N) is 1. The lowest BCUT2D eigenvalue weighted by molar-refractivity contribution is -0.147. The van der Waals surface area contributed by atoms with Crippen LogP contribution in [0, 0.1) is 11.8 Å². The van der Waals surface area contributed by atoms with Crippen LogP contribution in [0.15, 0.2) is 60.7 Å². The molecule has 0 aromatic heterocycles. The minimum atomic E-state index is -0.394. The molecule has 4 atom stereocenters. The molecule has 2 amide bonds. The summed E-state index contributed by atoms with van der Waals surface area (Å²) >= 11 is 0. The zero-order valence-electron chi connectivity index (χ0n) is 15.8. The monoisotopic (exact) mass is 362 g/mol. The van der Waals surface area contributed by atoms with Gasteiger partial charge in [-0.25, -0.2) is 0 Å². The van der Waals surface area contributed by atoms with Crippen molar-refractivity contribution in [3.8, 4) is 0 Å². The Morgan fingerprint density at radius 3 is 2.19 bits per heavy atom. The number of nitrogens with one attached hydrogen (secondary N) is 1. The molecule has 0 radical (unpaired) electrons. The van der Waals surface area contributed by atoms with Gasteiger partial charge in [-0.05, 0) is 29.4 Å². The van der Waals surface area contributed by atoms with Gasteiger partial charge in [0.2, 0.25) is 11.8 Å². The predicted molar refractivity (Wildman–Crippen MR) is 105 cm³/mol. The van der Waals surface area contributed by atoms with Crippen molar-refractivity contribution >= 4 is 11.8 Å². The van der Waals surface area contributed by atoms with E-state index < -0.39 is 6.04 Å². The van der Waals surface area contributed by atoms with Crippen LogP contribution >= 0.6 is 0 Å². The molecule has 4 rings (SSSR count). The number of amides is 2. The van der Waals surface area contributed by atoms with E-state index in [0.717, 1.165) is 12.0 Å². The average Bonchev–Trinajstić information content (AvgIpc) is 3.48. The second-order valence-electron chi connectivity index (χ2n) is 8.01. The average molecular weight is 362 g/mol. The van der Waals surface area contributed by atoms with E-state index in [1.165, 1.54) is 5.56 Å². The number of benzene rings is 2. The smallest absolute Gasteiger partial charge is 0.243 e. The lowest BCUT2D eigenvalue weighted by atomic mass is 9.94. The van der Waals surface area contributed by atoms with Crippen molar-refractivity contribution in [1.82, 2.24) is 10.2 Å². The molecule has 1 unspecified atom stereocenters. The van der Waals surface area contributed by atoms with Crippen LogP contribution in [0.25, 0.3) is 0 Å². The van der Waals surface area contributed by atoms with Crippen molar-refractivity contribution in [3.63, 3.8) is 0 Å². The van der Waals surface area contributed by atoms with Crippen molar-refractivity contribution in [2.24, 2.45) is 11.8 Å². The van der Waals surface area contributed by atoms with Crippen LogP contribution in [0.4, 0.5) is 0 Å². The summed E-state index contributed by atoms with van der Waals surface area (Å²) in [5.74, 6) is 0.441. The van der Waals surface area contributed by atoms with E-state index in [0.29, 0.717) is 6.54 Å². The Morgan fingerprint density at radius 2 is 1.59 bits per heavy atom. The van der Waals surface area contributed by atoms with Gasteiger partial charge in [-0.1, -0.05) is 74.5 Å². The first kappa shape index (κ1) is 17.8. The van der Waals surface area contributed by atoms with E-state index in [-0.39, 0.29) is 35.6 Å². The van der Waals surface area contributed by atoms with Gasteiger partial charge in [0.15, 0.2) is 0 Å². The predicted octanol–water partition coefficient (Wildman–Crippen LogP) is 3.51. The molecule has 1 saturated heterocycles. The molecule has 2 aliphatic rings. The molecule has 2 fully saturated rings. The molecular formula is C23H26N2O2. The third-order valence-corrected chi connectivity index (χ3v) is 5.75. The summed E-state index contributed by atoms with van der Waals surface area (Å²) in [6, 6.07) is 19.6. The SMILES string of the molecule is CC(C)[C@H]1C(=O)N[C@@H](c2ccccc2)CN1C(=O)C1C[C@H]1c1ccccc1. The second-order valence-corrected chi connectivity index (χ2v) is 8.01. The summed E-state index contributed by atoms with van der Waals surface area (Å²) in [6.07, 6.45) is 0.877. The van der Waals surface area contributed by atoms with Gasteiger partial charge in [0, 0.05) is 12.5 Å². The molecule has 1 heterocycles. The molecule has 0 spiro atoms. The zero-order chi connectivity index (χ0) is 19.0. The summed E-state index contributed by atoms with van der Waals surface area (Å²) in [5, 5.41) is 3.12. The first-order valence-corrected chi connectivity index (χ1v) is 9.77. The number of hydrogen-bond donors (Lipinski definition) is 1. The number of hydrogen-bond acceptors (Lipinski definition) is 2. The summed E-state index contributed by atoms with van der Waals surface area (Å²) in [6.45, 7) is 4.55. The molecule has 27 heavy (non-hydrogen) atoms. The van der Waals surface area contributed by atoms with E-state index in [1.54, 1.807) is 0 Å². The number of carbonyl (C=O) groups is 2. The van der Waals surface area contributed by atoms with Gasteiger partial charge in [-0.2, -0.15) is 0 Å². The van der Waals surface area contributed by atoms with Crippen molar-refractivity contribution in [1.29, 1.82) is 0 Å². The lowest BCUT2D eigenvalue weighted by Gasteiger charge is -2.41. The van der Waals surface area contributed by atoms with Crippen molar-refractivity contribution < 1.29 is 9.59 Å². The van der Waals surface area contributed by atoms with Gasteiger partial charge in [0.05, 0.1) is 6.04 Å². The molecule has 1 aliphatic heterocycles. The minimum Gasteiger partial charge on any atom is -0.346 e. The van der Waals surface area contributed by atoms with E-state index in [2.05, 4.69) is 17.4 Å². The molecular weight excluding hydrogens is 336 g/mol. The number of piperazine rings is 1. The maximum absolute atomic E-state index is 13.3. The van der Waals surface area contributed by atoms with Gasteiger partial charge in [-0.3, -0.25) is 9.59 Å². The van der Waals surface area contributed by atoms with Gasteiger partial charge in [0.1, 0.15) is 6.04 Å². The summed E-state index contributed by atoms with van der Waals surface area (Å²) in [5.41, 5.74) is 2.26. The van der Waals surface area contributed by atoms with Crippen molar-refractivity contribution in [2.45, 2.75) is 38.3 Å². The van der Waals surface area contributed by atoms with Crippen LogP contribution < -0.4 is 5.32 Å². The fraction of sp³-hybridized carbons (Fsp3) is 0.391. The molecule has 1 saturated carbocycles. The minimum absolute atomic E-state index is 0.00373. The summed E-state index contributed by atoms with van der Waals surface area (Å²) < 4.78 is 0. The van der Waals surface area contributed by atoms with E-state index >= 15 is 0 Å². The fourth-order valence-electron chi connectivity index (χ4n) is 4.27. The highest BCUT2D eigenvalue weighted by atomic mass is 16.2. The Morgan fingerprint density at radius 1 is 1.00 bits per heavy atom. The van der Waals surface area contributed by atoms with E-state index in [1.807, 2.05) is 67.3 Å². The molecule has 1 aliphatic carbocycles. The van der Waals surface area contributed by atoms with Crippen LogP contribution in [-0.4, -0.2) is 29.3 Å². The molecule has 140 valence electrons. The van der Waals surface area contributed by atoms with Crippen molar-refractivity contribution in [2.75, 3.05) is 6.54 Å². The van der Waals surface area contributed by atoms with Crippen LogP contribution in [-0.2, 0) is 9.59 Å². The van der Waals surface area contributed by atoms with Gasteiger partial charge in [0.25, 0.3) is 0 Å². The Bertz CT molecular complexity index is 819. The number of carbonyl (C=O) groups excluding carboxylic acids is 2. The molecule has 4 heteroatoms. The van der Waals surface area contributed by atoms with Gasteiger partial charge in [-0.15, -0.1) is 0 Å².